The highest BCUT2D eigenvalue weighted by molar-refractivity contribution is 8.14. The summed E-state index contributed by atoms with van der Waals surface area (Å²) in [4.78, 5) is 16.1. The second kappa shape index (κ2) is 9.47. The van der Waals surface area contributed by atoms with Gasteiger partial charge in [-0.1, -0.05) is 59.2 Å². The molecule has 1 aliphatic heterocycles. The molecule has 4 N–H and O–H groups in total. The maximum atomic E-state index is 11.6. The van der Waals surface area contributed by atoms with Crippen LogP contribution in [0.4, 0.5) is 5.69 Å². The number of hydrazone groups is 1. The number of carbonyl (C=O) groups is 1. The van der Waals surface area contributed by atoms with Crippen LogP contribution < -0.4 is 10.7 Å². The van der Waals surface area contributed by atoms with E-state index in [1.165, 1.54) is 17.8 Å². The molecule has 0 aliphatic carbocycles. The van der Waals surface area contributed by atoms with Gasteiger partial charge in [0.1, 0.15) is 5.71 Å². The monoisotopic (exact) mass is 454 g/mol. The number of rotatable bonds is 6. The van der Waals surface area contributed by atoms with E-state index in [1.54, 1.807) is 30.3 Å². The van der Waals surface area contributed by atoms with Gasteiger partial charge in [0, 0.05) is 12.2 Å². The Bertz CT molecular complexity index is 984. The average Bonchev–Trinajstić information content (AvgIpc) is 3.16. The Morgan fingerprint density at radius 2 is 2.00 bits per heavy atom. The number of aliphatic imine (C=N–C) groups is 1. The Morgan fingerprint density at radius 3 is 2.69 bits per heavy atom. The van der Waals surface area contributed by atoms with Crippen LogP contribution in [-0.2, 0) is 11.2 Å². The summed E-state index contributed by atoms with van der Waals surface area (Å²) in [5.41, 5.74) is 3.81. The van der Waals surface area contributed by atoms with E-state index in [0.29, 0.717) is 26.5 Å². The molecule has 29 heavy (non-hydrogen) atoms. The number of hydrogen-bond donors (Lipinski definition) is 4. The van der Waals surface area contributed by atoms with E-state index < -0.39 is 5.97 Å². The van der Waals surface area contributed by atoms with E-state index in [2.05, 4.69) is 15.5 Å². The molecular formula is C18H16Cl2N4O4S. The SMILES string of the molecule is O=C(O)/C(Cc1ccccc1N(O)O)=N/NC1=NC(c2ccc(Cl)c(Cl)c2)CS1. The molecule has 1 atom stereocenters. The zero-order valence-electron chi connectivity index (χ0n) is 14.8. The highest BCUT2D eigenvalue weighted by atomic mass is 35.5. The molecule has 2 aromatic rings. The van der Waals surface area contributed by atoms with Gasteiger partial charge in [0.15, 0.2) is 5.17 Å². The van der Waals surface area contributed by atoms with Crippen LogP contribution in [0.1, 0.15) is 17.2 Å². The van der Waals surface area contributed by atoms with Gasteiger partial charge in [-0.2, -0.15) is 5.10 Å². The van der Waals surface area contributed by atoms with Crippen molar-refractivity contribution in [1.82, 2.24) is 5.43 Å². The summed E-state index contributed by atoms with van der Waals surface area (Å²) in [6, 6.07) is 11.4. The number of halogens is 2. The van der Waals surface area contributed by atoms with Gasteiger partial charge in [0.05, 0.1) is 21.8 Å². The number of carboxylic acids is 1. The highest BCUT2D eigenvalue weighted by Gasteiger charge is 2.21. The molecule has 0 saturated heterocycles. The zero-order chi connectivity index (χ0) is 21.0. The van der Waals surface area contributed by atoms with Gasteiger partial charge < -0.3 is 5.11 Å². The van der Waals surface area contributed by atoms with E-state index in [4.69, 9.17) is 23.2 Å². The van der Waals surface area contributed by atoms with Crippen molar-refractivity contribution < 1.29 is 20.3 Å². The molecule has 11 heteroatoms. The van der Waals surface area contributed by atoms with Crippen LogP contribution >= 0.6 is 35.0 Å². The summed E-state index contributed by atoms with van der Waals surface area (Å²) in [6.07, 6.45) is -0.121. The third-order valence-corrected chi connectivity index (χ3v) is 5.77. The molecule has 0 fully saturated rings. The van der Waals surface area contributed by atoms with Crippen LogP contribution in [-0.4, -0.2) is 38.1 Å². The Balaban J connectivity index is 1.74. The molecule has 1 aliphatic rings. The number of nitrogens with one attached hydrogen (secondary N) is 1. The summed E-state index contributed by atoms with van der Waals surface area (Å²) in [5.74, 6) is -0.593. The molecule has 2 aromatic carbocycles. The lowest BCUT2D eigenvalue weighted by Crippen LogP contribution is -2.23. The molecule has 3 rings (SSSR count). The van der Waals surface area contributed by atoms with Gasteiger partial charge in [-0.15, -0.1) is 5.23 Å². The van der Waals surface area contributed by atoms with Crippen LogP contribution in [0.2, 0.25) is 10.0 Å². The number of para-hydroxylation sites is 1. The molecule has 152 valence electrons. The standard InChI is InChI=1S/C18H16Cl2N4O4S/c19-12-6-5-10(7-13(12)20)15-9-29-18(21-15)23-22-14(17(25)26)8-11-3-1-2-4-16(11)24(27)28/h1-7,15,27-28H,8-9H2,(H,21,23)(H,25,26)/b22-14+. The summed E-state index contributed by atoms with van der Waals surface area (Å²) >= 11 is 13.4. The van der Waals surface area contributed by atoms with E-state index in [0.717, 1.165) is 5.56 Å². The van der Waals surface area contributed by atoms with E-state index in [-0.39, 0.29) is 29.1 Å². The van der Waals surface area contributed by atoms with Crippen molar-refractivity contribution in [2.45, 2.75) is 12.5 Å². The van der Waals surface area contributed by atoms with Gasteiger partial charge >= 0.3 is 5.97 Å². The predicted octanol–water partition coefficient (Wildman–Crippen LogP) is 4.00. The zero-order valence-corrected chi connectivity index (χ0v) is 17.1. The number of aliphatic carboxylic acids is 1. The maximum absolute atomic E-state index is 11.6. The van der Waals surface area contributed by atoms with Crippen LogP contribution in [0.25, 0.3) is 0 Å². The van der Waals surface area contributed by atoms with E-state index in [9.17, 15) is 20.3 Å². The molecule has 0 saturated carbocycles. The predicted molar refractivity (Wildman–Crippen MR) is 114 cm³/mol. The molecule has 1 unspecified atom stereocenters. The van der Waals surface area contributed by atoms with Crippen molar-refractivity contribution in [2.75, 3.05) is 11.0 Å². The van der Waals surface area contributed by atoms with Crippen molar-refractivity contribution in [2.24, 2.45) is 10.1 Å². The quantitative estimate of drug-likeness (QED) is 0.384. The number of carboxylic acid groups (broad SMARTS) is 1. The van der Waals surface area contributed by atoms with Gasteiger partial charge in [0.25, 0.3) is 0 Å². The van der Waals surface area contributed by atoms with Gasteiger partial charge in [0.2, 0.25) is 0 Å². The van der Waals surface area contributed by atoms with Crippen molar-refractivity contribution in [3.05, 3.63) is 63.6 Å². The van der Waals surface area contributed by atoms with Crippen LogP contribution in [0, 0.1) is 0 Å². The van der Waals surface area contributed by atoms with Gasteiger partial charge in [-0.05, 0) is 29.3 Å². The molecule has 0 aromatic heterocycles. The van der Waals surface area contributed by atoms with Crippen molar-refractivity contribution in [3.8, 4) is 0 Å². The summed E-state index contributed by atoms with van der Waals surface area (Å²) < 4.78 is 0. The minimum absolute atomic E-state index is 0.0546. The number of nitrogens with zero attached hydrogens (tertiary/aromatic N) is 3. The normalized spacial score (nSPS) is 16.5. The van der Waals surface area contributed by atoms with Gasteiger partial charge in [-0.3, -0.25) is 20.8 Å². The first-order chi connectivity index (χ1) is 13.8. The highest BCUT2D eigenvalue weighted by Crippen LogP contribution is 2.33. The van der Waals surface area contributed by atoms with E-state index >= 15 is 0 Å². The Hall–Kier alpha value is -2.30. The number of anilines is 1. The van der Waals surface area contributed by atoms with Crippen molar-refractivity contribution >= 4 is 57.5 Å². The minimum atomic E-state index is -1.24. The first-order valence-corrected chi connectivity index (χ1v) is 10.1. The Labute approximate surface area is 180 Å². The molecule has 0 bridgehead atoms. The molecule has 0 radical (unpaired) electrons. The second-order valence-corrected chi connectivity index (χ2v) is 7.83. The maximum Gasteiger partial charge on any atom is 0.352 e. The summed E-state index contributed by atoms with van der Waals surface area (Å²) in [7, 11) is 0. The smallest absolute Gasteiger partial charge is 0.352 e. The molecule has 0 spiro atoms. The first-order valence-electron chi connectivity index (χ1n) is 8.32. The lowest BCUT2D eigenvalue weighted by Gasteiger charge is -2.13. The van der Waals surface area contributed by atoms with Gasteiger partial charge in [-0.25, -0.2) is 4.79 Å². The molecule has 8 nitrogen and oxygen atoms in total. The number of thioether (sulfide) groups is 1. The van der Waals surface area contributed by atoms with Crippen LogP contribution in [0.5, 0.6) is 0 Å². The fourth-order valence-electron chi connectivity index (χ4n) is 2.64. The van der Waals surface area contributed by atoms with Crippen molar-refractivity contribution in [1.29, 1.82) is 0 Å². The fraction of sp³-hybridized carbons (Fsp3) is 0.167. The van der Waals surface area contributed by atoms with Crippen molar-refractivity contribution in [3.63, 3.8) is 0 Å². The number of hydrogen-bond acceptors (Lipinski definition) is 8. The molecule has 0 amide bonds. The number of amidine groups is 1. The lowest BCUT2D eigenvalue weighted by atomic mass is 10.1. The Morgan fingerprint density at radius 1 is 1.24 bits per heavy atom. The summed E-state index contributed by atoms with van der Waals surface area (Å²) in [5, 5.41) is 33.3. The third-order valence-electron chi connectivity index (χ3n) is 4.08. The minimum Gasteiger partial charge on any atom is -0.477 e. The molecule has 1 heterocycles. The Kier molecular flexibility index (Phi) is 6.99. The van der Waals surface area contributed by atoms with Crippen LogP contribution in [0.15, 0.2) is 52.6 Å². The second-order valence-electron chi connectivity index (χ2n) is 6.00. The molecular weight excluding hydrogens is 439 g/mol. The largest absolute Gasteiger partial charge is 0.477 e. The fourth-order valence-corrected chi connectivity index (χ4v) is 3.84. The lowest BCUT2D eigenvalue weighted by molar-refractivity contribution is -0.129. The van der Waals surface area contributed by atoms with Crippen LogP contribution in [0.3, 0.4) is 0 Å². The summed E-state index contributed by atoms with van der Waals surface area (Å²) in [6.45, 7) is 0. The van der Waals surface area contributed by atoms with E-state index in [1.807, 2.05) is 6.07 Å². The average molecular weight is 455 g/mol. The number of benzene rings is 2. The topological polar surface area (TPSA) is 118 Å². The third kappa shape index (κ3) is 5.40. The first kappa shape index (κ1) is 21.4.